The van der Waals surface area contributed by atoms with Gasteiger partial charge in [0.15, 0.2) is 0 Å². The number of hydrogen-bond acceptors (Lipinski definition) is 4. The van der Waals surface area contributed by atoms with Crippen LogP contribution < -0.4 is 40.4 Å². The summed E-state index contributed by atoms with van der Waals surface area (Å²) in [5.41, 5.74) is 8.08. The van der Waals surface area contributed by atoms with Gasteiger partial charge in [0.2, 0.25) is 5.91 Å². The number of carboxylic acids is 1. The Morgan fingerprint density at radius 2 is 1.68 bits per heavy atom. The topological polar surface area (TPSA) is 86.5 Å². The van der Waals surface area contributed by atoms with Crippen LogP contribution in [0.5, 0.6) is 0 Å². The molecular weight excluding hydrogens is 327 g/mol. The number of nitrogens with two attached hydrogens (primary N) is 1. The second-order valence-electron chi connectivity index (χ2n) is 6.16. The predicted octanol–water partition coefficient (Wildman–Crippen LogP) is -2.19. The van der Waals surface area contributed by atoms with E-state index >= 15 is 0 Å². The number of rotatable bonds is 4. The second kappa shape index (κ2) is 8.52. The number of likely N-dealkylation sites (tertiary alicyclic amines) is 1. The molecule has 0 radical (unpaired) electrons. The van der Waals surface area contributed by atoms with Crippen molar-refractivity contribution in [3.05, 3.63) is 65.7 Å². The van der Waals surface area contributed by atoms with E-state index in [9.17, 15) is 14.7 Å². The summed E-state index contributed by atoms with van der Waals surface area (Å²) in [6, 6.07) is 16.6. The molecule has 2 atom stereocenters. The molecule has 2 aromatic rings. The minimum absolute atomic E-state index is 0. The van der Waals surface area contributed by atoms with Gasteiger partial charge in [-0.1, -0.05) is 42.5 Å². The van der Waals surface area contributed by atoms with Crippen LogP contribution in [0.1, 0.15) is 17.0 Å². The summed E-state index contributed by atoms with van der Waals surface area (Å²) in [5, 5.41) is 11.5. The van der Waals surface area contributed by atoms with Gasteiger partial charge < -0.3 is 20.5 Å². The van der Waals surface area contributed by atoms with Crippen LogP contribution in [0.3, 0.4) is 0 Å². The normalized spacial score (nSPS) is 19.3. The second-order valence-corrected chi connectivity index (χ2v) is 6.16. The van der Waals surface area contributed by atoms with Crippen molar-refractivity contribution in [2.45, 2.75) is 12.3 Å². The summed E-state index contributed by atoms with van der Waals surface area (Å²) in [6.45, 7) is 0.589. The predicted molar refractivity (Wildman–Crippen MR) is 88.8 cm³/mol. The number of nitrogens with zero attached hydrogens (tertiary/aromatic N) is 1. The van der Waals surface area contributed by atoms with E-state index in [1.165, 1.54) is 0 Å². The van der Waals surface area contributed by atoms with Crippen LogP contribution in [0, 0.1) is 5.92 Å². The van der Waals surface area contributed by atoms with E-state index in [1.54, 1.807) is 17.0 Å². The van der Waals surface area contributed by atoms with Crippen molar-refractivity contribution in [3.8, 4) is 0 Å². The summed E-state index contributed by atoms with van der Waals surface area (Å²) >= 11 is 0. The van der Waals surface area contributed by atoms with E-state index in [0.29, 0.717) is 12.2 Å². The van der Waals surface area contributed by atoms with Crippen LogP contribution in [0.25, 0.3) is 0 Å². The fraction of sp³-hybridized carbons (Fsp3) is 0.263. The Bertz CT molecular complexity index is 734. The van der Waals surface area contributed by atoms with Gasteiger partial charge in [0.25, 0.3) is 0 Å². The Labute approximate surface area is 169 Å². The van der Waals surface area contributed by atoms with Gasteiger partial charge in [-0.25, -0.2) is 0 Å². The van der Waals surface area contributed by atoms with Crippen molar-refractivity contribution in [1.82, 2.24) is 4.90 Å². The Balaban J connectivity index is 0.00000225. The molecular formula is C19H19N2NaO3. The van der Waals surface area contributed by atoms with Gasteiger partial charge in [-0.05, 0) is 23.3 Å². The van der Waals surface area contributed by atoms with E-state index in [0.717, 1.165) is 11.1 Å². The van der Waals surface area contributed by atoms with Crippen molar-refractivity contribution in [2.24, 2.45) is 5.92 Å². The molecule has 3 rings (SSSR count). The SMILES string of the molecule is Nc1ccc(CC(=O)N2C[C@H](C(=O)[O-])[C@@H](c3ccccc3)C2)cc1.[Na+]. The van der Waals surface area contributed by atoms with Gasteiger partial charge >= 0.3 is 29.6 Å². The molecule has 1 saturated heterocycles. The number of amides is 1. The number of anilines is 1. The third-order valence-corrected chi connectivity index (χ3v) is 4.54. The fourth-order valence-electron chi connectivity index (χ4n) is 3.21. The summed E-state index contributed by atoms with van der Waals surface area (Å²) in [4.78, 5) is 25.6. The van der Waals surface area contributed by atoms with Crippen molar-refractivity contribution < 1.29 is 44.3 Å². The maximum absolute atomic E-state index is 12.5. The third kappa shape index (κ3) is 4.63. The Morgan fingerprint density at radius 3 is 2.28 bits per heavy atom. The molecule has 1 aliphatic rings. The summed E-state index contributed by atoms with van der Waals surface area (Å²) < 4.78 is 0. The molecule has 25 heavy (non-hydrogen) atoms. The number of carbonyl (C=O) groups excluding carboxylic acids is 2. The van der Waals surface area contributed by atoms with Gasteiger partial charge in [0.1, 0.15) is 0 Å². The zero-order valence-electron chi connectivity index (χ0n) is 14.2. The van der Waals surface area contributed by atoms with E-state index in [4.69, 9.17) is 5.73 Å². The molecule has 124 valence electrons. The van der Waals surface area contributed by atoms with Gasteiger partial charge in [0.05, 0.1) is 6.42 Å². The first-order valence-corrected chi connectivity index (χ1v) is 7.92. The van der Waals surface area contributed by atoms with Crippen molar-refractivity contribution >= 4 is 17.6 Å². The molecule has 6 heteroatoms. The van der Waals surface area contributed by atoms with E-state index in [-0.39, 0.29) is 54.3 Å². The number of benzene rings is 2. The molecule has 1 heterocycles. The van der Waals surface area contributed by atoms with E-state index in [2.05, 4.69) is 0 Å². The van der Waals surface area contributed by atoms with E-state index in [1.807, 2.05) is 42.5 Å². The molecule has 5 nitrogen and oxygen atoms in total. The molecule has 2 N–H and O–H groups in total. The molecule has 1 amide bonds. The monoisotopic (exact) mass is 346 g/mol. The van der Waals surface area contributed by atoms with Crippen molar-refractivity contribution in [2.75, 3.05) is 18.8 Å². The zero-order chi connectivity index (χ0) is 17.1. The molecule has 0 unspecified atom stereocenters. The van der Waals surface area contributed by atoms with Crippen LogP contribution in [0.15, 0.2) is 54.6 Å². The largest absolute Gasteiger partial charge is 1.00 e. The molecule has 0 aromatic heterocycles. The average Bonchev–Trinajstić information content (AvgIpc) is 3.03. The number of carboxylic acid groups (broad SMARTS) is 1. The maximum Gasteiger partial charge on any atom is 1.00 e. The summed E-state index contributed by atoms with van der Waals surface area (Å²) in [5.74, 6) is -2.09. The first kappa shape index (κ1) is 19.5. The minimum Gasteiger partial charge on any atom is -0.550 e. The van der Waals surface area contributed by atoms with Gasteiger partial charge in [0, 0.05) is 36.6 Å². The zero-order valence-corrected chi connectivity index (χ0v) is 16.2. The molecule has 0 spiro atoms. The molecule has 0 bridgehead atoms. The van der Waals surface area contributed by atoms with Crippen LogP contribution >= 0.6 is 0 Å². The van der Waals surface area contributed by atoms with Crippen molar-refractivity contribution in [1.29, 1.82) is 0 Å². The standard InChI is InChI=1S/C19H20N2O3.Na/c20-15-8-6-13(7-9-15)10-18(22)21-11-16(17(12-21)19(23)24)14-4-2-1-3-5-14;/h1-9,16-17H,10-12,20H2,(H,23,24);/q;+1/p-1/t16-,17+;/m1./s1. The average molecular weight is 346 g/mol. The third-order valence-electron chi connectivity index (χ3n) is 4.54. The molecule has 1 aliphatic heterocycles. The van der Waals surface area contributed by atoms with Gasteiger partial charge in [-0.3, -0.25) is 4.79 Å². The van der Waals surface area contributed by atoms with Gasteiger partial charge in [-0.2, -0.15) is 0 Å². The number of hydrogen-bond donors (Lipinski definition) is 1. The van der Waals surface area contributed by atoms with Crippen LogP contribution in [-0.4, -0.2) is 29.9 Å². The number of nitrogen functional groups attached to an aromatic ring is 1. The minimum atomic E-state index is -1.10. The van der Waals surface area contributed by atoms with Crippen molar-refractivity contribution in [3.63, 3.8) is 0 Å². The quantitative estimate of drug-likeness (QED) is 0.503. The van der Waals surface area contributed by atoms with Gasteiger partial charge in [-0.15, -0.1) is 0 Å². The first-order valence-electron chi connectivity index (χ1n) is 7.92. The summed E-state index contributed by atoms with van der Waals surface area (Å²) in [7, 11) is 0. The van der Waals surface area contributed by atoms with Crippen LogP contribution in [-0.2, 0) is 16.0 Å². The number of carbonyl (C=O) groups is 2. The Morgan fingerprint density at radius 1 is 1.04 bits per heavy atom. The maximum atomic E-state index is 12.5. The summed E-state index contributed by atoms with van der Waals surface area (Å²) in [6.07, 6.45) is 0.238. The number of aliphatic carboxylic acids is 1. The first-order chi connectivity index (χ1) is 11.5. The van der Waals surface area contributed by atoms with E-state index < -0.39 is 11.9 Å². The van der Waals surface area contributed by atoms with Crippen LogP contribution in [0.2, 0.25) is 0 Å². The van der Waals surface area contributed by atoms with Crippen LogP contribution in [0.4, 0.5) is 5.69 Å². The molecule has 2 aromatic carbocycles. The molecule has 0 aliphatic carbocycles. The Hall–Kier alpha value is -1.82. The fourth-order valence-corrected chi connectivity index (χ4v) is 3.21. The smallest absolute Gasteiger partial charge is 0.550 e. The molecule has 0 saturated carbocycles. The molecule has 1 fully saturated rings. The Kier molecular flexibility index (Phi) is 6.64.